The minimum Gasteiger partial charge on any atom is -0.466 e. The molecule has 2 nitrogen and oxygen atoms in total. The molecule has 16 heavy (non-hydrogen) atoms. The molecule has 0 heterocycles. The minimum atomic E-state index is -0.187. The van der Waals surface area contributed by atoms with Crippen molar-refractivity contribution >= 4 is 12.0 Å². The van der Waals surface area contributed by atoms with Crippen LogP contribution in [0.1, 0.15) is 24.5 Å². The normalized spacial score (nSPS) is 10.6. The lowest BCUT2D eigenvalue weighted by atomic mass is 10.1. The molecule has 0 aromatic heterocycles. The number of carbonyl (C=O) groups is 1. The highest BCUT2D eigenvalue weighted by Gasteiger charge is 1.96. The highest BCUT2D eigenvalue weighted by Crippen LogP contribution is 2.07. The quantitative estimate of drug-likeness (QED) is 0.709. The lowest BCUT2D eigenvalue weighted by Crippen LogP contribution is -2.01. The van der Waals surface area contributed by atoms with Crippen LogP contribution in [0.4, 0.5) is 0 Å². The van der Waals surface area contributed by atoms with E-state index < -0.39 is 0 Å². The first-order valence-corrected chi connectivity index (χ1v) is 5.46. The van der Waals surface area contributed by atoms with E-state index in [0.717, 1.165) is 12.0 Å². The molecular formula is C14H17O2. The van der Waals surface area contributed by atoms with Crippen molar-refractivity contribution in [1.29, 1.82) is 0 Å². The molecule has 0 aliphatic rings. The first-order valence-electron chi connectivity index (χ1n) is 5.46. The molecule has 0 spiro atoms. The van der Waals surface area contributed by atoms with E-state index in [-0.39, 0.29) is 5.97 Å². The van der Waals surface area contributed by atoms with Crippen LogP contribution in [0.15, 0.2) is 30.3 Å². The lowest BCUT2D eigenvalue weighted by molar-refractivity contribution is -0.142. The van der Waals surface area contributed by atoms with Crippen LogP contribution in [0.25, 0.3) is 6.08 Å². The van der Waals surface area contributed by atoms with Gasteiger partial charge in [-0.15, -0.1) is 0 Å². The van der Waals surface area contributed by atoms with Gasteiger partial charge in [-0.3, -0.25) is 4.79 Å². The van der Waals surface area contributed by atoms with E-state index in [0.29, 0.717) is 13.0 Å². The molecule has 0 atom stereocenters. The summed E-state index contributed by atoms with van der Waals surface area (Å²) >= 11 is 0. The van der Waals surface area contributed by atoms with Gasteiger partial charge in [0.05, 0.1) is 13.0 Å². The average Bonchev–Trinajstić information content (AvgIpc) is 2.30. The van der Waals surface area contributed by atoms with Crippen molar-refractivity contribution in [3.05, 3.63) is 48.4 Å². The van der Waals surface area contributed by atoms with Crippen LogP contribution in [0.2, 0.25) is 0 Å². The average molecular weight is 217 g/mol. The molecule has 0 aliphatic heterocycles. The third-order valence-electron chi connectivity index (χ3n) is 2.17. The smallest absolute Gasteiger partial charge is 0.309 e. The van der Waals surface area contributed by atoms with E-state index in [2.05, 4.69) is 6.92 Å². The Morgan fingerprint density at radius 3 is 2.62 bits per heavy atom. The molecule has 2 heteroatoms. The highest BCUT2D eigenvalue weighted by atomic mass is 16.5. The Balaban J connectivity index is 2.46. The summed E-state index contributed by atoms with van der Waals surface area (Å²) in [6, 6.07) is 8.11. The van der Waals surface area contributed by atoms with E-state index in [1.54, 1.807) is 6.92 Å². The Bertz CT molecular complexity index is 350. The number of rotatable bonds is 5. The lowest BCUT2D eigenvalue weighted by Gasteiger charge is -1.98. The van der Waals surface area contributed by atoms with Crippen molar-refractivity contribution in [2.24, 2.45) is 0 Å². The monoisotopic (exact) mass is 217 g/mol. The van der Waals surface area contributed by atoms with Crippen LogP contribution < -0.4 is 0 Å². The second kappa shape index (κ2) is 6.83. The number of carbonyl (C=O) groups excluding carboxylic acids is 1. The minimum absolute atomic E-state index is 0.187. The molecule has 0 fully saturated rings. The fourth-order valence-electron chi connectivity index (χ4n) is 1.31. The zero-order valence-corrected chi connectivity index (χ0v) is 9.61. The Hall–Kier alpha value is -1.57. The van der Waals surface area contributed by atoms with Crippen LogP contribution in [-0.4, -0.2) is 12.6 Å². The summed E-state index contributed by atoms with van der Waals surface area (Å²) in [6.45, 7) is 6.05. The van der Waals surface area contributed by atoms with Gasteiger partial charge in [-0.2, -0.15) is 0 Å². The van der Waals surface area contributed by atoms with E-state index in [9.17, 15) is 4.79 Å². The fourth-order valence-corrected chi connectivity index (χ4v) is 1.31. The van der Waals surface area contributed by atoms with E-state index in [1.165, 1.54) is 5.56 Å². The summed E-state index contributed by atoms with van der Waals surface area (Å²) in [5.41, 5.74) is 2.30. The zero-order chi connectivity index (χ0) is 11.8. The van der Waals surface area contributed by atoms with Crippen molar-refractivity contribution in [3.63, 3.8) is 0 Å². The second-order valence-corrected chi connectivity index (χ2v) is 3.40. The molecule has 1 aromatic carbocycles. The van der Waals surface area contributed by atoms with Crippen LogP contribution in [0, 0.1) is 6.92 Å². The summed E-state index contributed by atoms with van der Waals surface area (Å²) in [6.07, 6.45) is 4.86. The summed E-state index contributed by atoms with van der Waals surface area (Å²) in [5, 5.41) is 0. The van der Waals surface area contributed by atoms with E-state index in [1.807, 2.05) is 36.4 Å². The van der Waals surface area contributed by atoms with Crippen molar-refractivity contribution in [2.75, 3.05) is 6.61 Å². The zero-order valence-electron chi connectivity index (χ0n) is 9.61. The number of hydrogen-bond donors (Lipinski definition) is 0. The molecule has 0 bridgehead atoms. The molecule has 1 rings (SSSR count). The molecule has 0 saturated heterocycles. The van der Waals surface area contributed by atoms with Crippen molar-refractivity contribution < 1.29 is 9.53 Å². The summed E-state index contributed by atoms with van der Waals surface area (Å²) < 4.78 is 4.82. The molecule has 0 unspecified atom stereocenters. The van der Waals surface area contributed by atoms with Gasteiger partial charge < -0.3 is 4.74 Å². The van der Waals surface area contributed by atoms with Gasteiger partial charge in [-0.25, -0.2) is 0 Å². The Kier molecular flexibility index (Phi) is 5.34. The first-order chi connectivity index (χ1) is 7.76. The predicted molar refractivity (Wildman–Crippen MR) is 65.8 cm³/mol. The first kappa shape index (κ1) is 12.5. The molecular weight excluding hydrogens is 200 g/mol. The van der Waals surface area contributed by atoms with Gasteiger partial charge in [0.1, 0.15) is 0 Å². The number of esters is 1. The van der Waals surface area contributed by atoms with E-state index in [4.69, 9.17) is 4.74 Å². The maximum atomic E-state index is 11.1. The van der Waals surface area contributed by atoms with Crippen LogP contribution in [0.5, 0.6) is 0 Å². The standard InChI is InChI=1S/C14H17O2/c1-3-12-8-10-13(11-9-12)6-5-7-14(15)16-4-2/h5-6,8-11H,1,3-4,7H2,2H3. The van der Waals surface area contributed by atoms with Crippen LogP contribution in [-0.2, 0) is 16.0 Å². The van der Waals surface area contributed by atoms with Gasteiger partial charge in [0.25, 0.3) is 0 Å². The highest BCUT2D eigenvalue weighted by molar-refractivity contribution is 5.72. The van der Waals surface area contributed by atoms with Gasteiger partial charge in [0.15, 0.2) is 0 Å². The summed E-state index contributed by atoms with van der Waals surface area (Å²) in [5.74, 6) is -0.187. The number of hydrogen-bond acceptors (Lipinski definition) is 2. The van der Waals surface area contributed by atoms with Crippen molar-refractivity contribution in [2.45, 2.75) is 19.8 Å². The largest absolute Gasteiger partial charge is 0.466 e. The molecule has 0 N–H and O–H groups in total. The van der Waals surface area contributed by atoms with Gasteiger partial charge in [0.2, 0.25) is 0 Å². The third kappa shape index (κ3) is 4.30. The van der Waals surface area contributed by atoms with Gasteiger partial charge in [0, 0.05) is 0 Å². The molecule has 1 radical (unpaired) electrons. The van der Waals surface area contributed by atoms with Crippen LogP contribution in [0.3, 0.4) is 0 Å². The maximum absolute atomic E-state index is 11.1. The molecule has 0 saturated carbocycles. The Morgan fingerprint density at radius 2 is 2.06 bits per heavy atom. The Labute approximate surface area is 96.9 Å². The summed E-state index contributed by atoms with van der Waals surface area (Å²) in [4.78, 5) is 11.1. The SMILES string of the molecule is [CH2]Cc1ccc(C=CCC(=O)OCC)cc1. The number of benzene rings is 1. The summed E-state index contributed by atoms with van der Waals surface area (Å²) in [7, 11) is 0. The van der Waals surface area contributed by atoms with Gasteiger partial charge in [-0.05, 0) is 31.4 Å². The second-order valence-electron chi connectivity index (χ2n) is 3.40. The Morgan fingerprint density at radius 1 is 1.38 bits per heavy atom. The molecule has 1 aromatic rings. The van der Waals surface area contributed by atoms with Crippen molar-refractivity contribution in [1.82, 2.24) is 0 Å². The van der Waals surface area contributed by atoms with Gasteiger partial charge in [-0.1, -0.05) is 36.4 Å². The van der Waals surface area contributed by atoms with Crippen molar-refractivity contribution in [3.8, 4) is 0 Å². The van der Waals surface area contributed by atoms with Crippen LogP contribution >= 0.6 is 0 Å². The molecule has 0 aliphatic carbocycles. The maximum Gasteiger partial charge on any atom is 0.309 e. The topological polar surface area (TPSA) is 26.3 Å². The molecule has 0 amide bonds. The number of ether oxygens (including phenoxy) is 1. The van der Waals surface area contributed by atoms with E-state index >= 15 is 0 Å². The molecule has 85 valence electrons. The van der Waals surface area contributed by atoms with Gasteiger partial charge >= 0.3 is 5.97 Å². The fraction of sp³-hybridized carbons (Fsp3) is 0.286. The predicted octanol–water partition coefficient (Wildman–Crippen LogP) is 3.03. The third-order valence-corrected chi connectivity index (χ3v) is 2.17.